The highest BCUT2D eigenvalue weighted by Gasteiger charge is 2.26. The van der Waals surface area contributed by atoms with Gasteiger partial charge in [-0.15, -0.1) is 21.5 Å². The quantitative estimate of drug-likeness (QED) is 0.718. The van der Waals surface area contributed by atoms with Gasteiger partial charge in [0.15, 0.2) is 5.82 Å². The van der Waals surface area contributed by atoms with Crippen LogP contribution in [0.5, 0.6) is 0 Å². The van der Waals surface area contributed by atoms with Crippen molar-refractivity contribution in [3.63, 3.8) is 0 Å². The number of benzene rings is 1. The average molecular weight is 397 g/mol. The van der Waals surface area contributed by atoms with Crippen LogP contribution in [0.2, 0.25) is 0 Å². The second-order valence-corrected chi connectivity index (χ2v) is 7.98. The number of hydrogen-bond acceptors (Lipinski definition) is 6. The molecule has 1 saturated heterocycles. The number of amides is 1. The van der Waals surface area contributed by atoms with E-state index >= 15 is 0 Å². The zero-order valence-electron chi connectivity index (χ0n) is 16.1. The highest BCUT2D eigenvalue weighted by Crippen LogP contribution is 2.30. The molecule has 7 nitrogen and oxygen atoms in total. The number of nitrogens with zero attached hydrogens (tertiary/aromatic N) is 5. The molecule has 1 aliphatic heterocycles. The molecule has 1 N–H and O–H groups in total. The number of aryl methyl sites for hydroxylation is 1. The number of piperidine rings is 1. The summed E-state index contributed by atoms with van der Waals surface area (Å²) in [5, 5.41) is 12.1. The Kier molecular flexibility index (Phi) is 5.38. The molecule has 3 heterocycles. The molecule has 1 amide bonds. The first-order valence-corrected chi connectivity index (χ1v) is 10.4. The molecule has 1 aromatic carbocycles. The molecule has 1 aliphatic rings. The summed E-state index contributed by atoms with van der Waals surface area (Å²) in [5.41, 5.74) is 4.04. The van der Waals surface area contributed by atoms with Gasteiger partial charge in [-0.05, 0) is 25.3 Å². The Bertz CT molecular complexity index is 943. The van der Waals surface area contributed by atoms with Gasteiger partial charge in [-0.25, -0.2) is 4.98 Å². The van der Waals surface area contributed by atoms with Crippen LogP contribution in [0.1, 0.15) is 31.0 Å². The molecule has 0 unspecified atom stereocenters. The highest BCUT2D eigenvalue weighted by molar-refractivity contribution is 7.13. The van der Waals surface area contributed by atoms with Crippen molar-refractivity contribution in [3.8, 4) is 10.7 Å². The predicted molar refractivity (Wildman–Crippen MR) is 110 cm³/mol. The lowest BCUT2D eigenvalue weighted by Crippen LogP contribution is -2.44. The van der Waals surface area contributed by atoms with Crippen molar-refractivity contribution in [2.75, 3.05) is 18.0 Å². The van der Waals surface area contributed by atoms with Gasteiger partial charge in [0.2, 0.25) is 11.9 Å². The van der Waals surface area contributed by atoms with Crippen molar-refractivity contribution >= 4 is 23.2 Å². The maximum atomic E-state index is 11.3. The maximum absolute atomic E-state index is 11.3. The van der Waals surface area contributed by atoms with Crippen LogP contribution < -0.4 is 10.2 Å². The first kappa shape index (κ1) is 18.6. The summed E-state index contributed by atoms with van der Waals surface area (Å²) in [6.45, 7) is 5.99. The van der Waals surface area contributed by atoms with Gasteiger partial charge < -0.3 is 10.2 Å². The Labute approximate surface area is 168 Å². The van der Waals surface area contributed by atoms with Crippen molar-refractivity contribution in [3.05, 3.63) is 47.1 Å². The Morgan fingerprint density at radius 3 is 2.61 bits per heavy atom. The van der Waals surface area contributed by atoms with Crippen LogP contribution in [0, 0.1) is 6.92 Å². The average Bonchev–Trinajstić information content (AvgIpc) is 3.29. The van der Waals surface area contributed by atoms with E-state index in [1.165, 1.54) is 5.56 Å². The standard InChI is InChI=1S/C20H24N6OS/c1-14-18(28-13-21-14)19-23-24-20(26(19)12-16-6-4-3-5-7-16)25-10-8-17(9-11-25)22-15(2)27/h3-7,13,17H,8-12H2,1-2H3,(H,22,27). The number of anilines is 1. The van der Waals surface area contributed by atoms with Gasteiger partial charge in [-0.2, -0.15) is 0 Å². The smallest absolute Gasteiger partial charge is 0.227 e. The zero-order valence-corrected chi connectivity index (χ0v) is 16.9. The van der Waals surface area contributed by atoms with Crippen molar-refractivity contribution in [1.29, 1.82) is 0 Å². The van der Waals surface area contributed by atoms with Crippen molar-refractivity contribution < 1.29 is 4.79 Å². The van der Waals surface area contributed by atoms with Crippen LogP contribution in [0.4, 0.5) is 5.95 Å². The number of carbonyl (C=O) groups excluding carboxylic acids is 1. The predicted octanol–water partition coefficient (Wildman–Crippen LogP) is 2.86. The number of aromatic nitrogens is 4. The molecule has 0 aliphatic carbocycles. The monoisotopic (exact) mass is 396 g/mol. The molecule has 0 bridgehead atoms. The van der Waals surface area contributed by atoms with E-state index in [-0.39, 0.29) is 11.9 Å². The number of hydrogen-bond donors (Lipinski definition) is 1. The molecule has 0 atom stereocenters. The molecule has 0 spiro atoms. The van der Waals surface area contributed by atoms with E-state index in [4.69, 9.17) is 0 Å². The second kappa shape index (κ2) is 8.10. The number of rotatable bonds is 5. The normalized spacial score (nSPS) is 15.0. The minimum Gasteiger partial charge on any atom is -0.353 e. The van der Waals surface area contributed by atoms with E-state index in [2.05, 4.69) is 54.2 Å². The molecule has 28 heavy (non-hydrogen) atoms. The second-order valence-electron chi connectivity index (χ2n) is 7.12. The SMILES string of the molecule is CC(=O)NC1CCN(c2nnc(-c3scnc3C)n2Cc2ccccc2)CC1. The molecule has 0 radical (unpaired) electrons. The molecule has 1 fully saturated rings. The summed E-state index contributed by atoms with van der Waals surface area (Å²) in [6, 6.07) is 10.6. The molecule has 146 valence electrons. The van der Waals surface area contributed by atoms with Crippen LogP contribution in [-0.4, -0.2) is 44.8 Å². The van der Waals surface area contributed by atoms with E-state index in [0.717, 1.165) is 48.3 Å². The van der Waals surface area contributed by atoms with E-state index in [9.17, 15) is 4.79 Å². The van der Waals surface area contributed by atoms with E-state index in [1.807, 2.05) is 18.5 Å². The van der Waals surface area contributed by atoms with Crippen LogP contribution in [-0.2, 0) is 11.3 Å². The Morgan fingerprint density at radius 2 is 1.96 bits per heavy atom. The van der Waals surface area contributed by atoms with Gasteiger partial charge in [-0.1, -0.05) is 30.3 Å². The zero-order chi connectivity index (χ0) is 19.5. The molecular weight excluding hydrogens is 372 g/mol. The number of thiazole rings is 1. The summed E-state index contributed by atoms with van der Waals surface area (Å²) in [6.07, 6.45) is 1.82. The van der Waals surface area contributed by atoms with E-state index in [0.29, 0.717) is 6.54 Å². The summed E-state index contributed by atoms with van der Waals surface area (Å²) in [7, 11) is 0. The molecule has 3 aromatic rings. The Morgan fingerprint density at radius 1 is 1.21 bits per heavy atom. The molecule has 0 saturated carbocycles. The van der Waals surface area contributed by atoms with E-state index in [1.54, 1.807) is 18.3 Å². The van der Waals surface area contributed by atoms with Crippen LogP contribution in [0.25, 0.3) is 10.7 Å². The first-order valence-electron chi connectivity index (χ1n) is 9.51. The van der Waals surface area contributed by atoms with Gasteiger partial charge in [-0.3, -0.25) is 9.36 Å². The van der Waals surface area contributed by atoms with Crippen LogP contribution in [0.15, 0.2) is 35.8 Å². The van der Waals surface area contributed by atoms with Crippen molar-refractivity contribution in [2.24, 2.45) is 0 Å². The van der Waals surface area contributed by atoms with Crippen LogP contribution >= 0.6 is 11.3 Å². The lowest BCUT2D eigenvalue weighted by molar-refractivity contribution is -0.119. The summed E-state index contributed by atoms with van der Waals surface area (Å²) >= 11 is 1.59. The third kappa shape index (κ3) is 3.91. The molecule has 8 heteroatoms. The third-order valence-corrected chi connectivity index (χ3v) is 5.97. The van der Waals surface area contributed by atoms with Crippen molar-refractivity contribution in [2.45, 2.75) is 39.3 Å². The summed E-state index contributed by atoms with van der Waals surface area (Å²) in [4.78, 5) is 19.0. The maximum Gasteiger partial charge on any atom is 0.227 e. The topological polar surface area (TPSA) is 75.9 Å². The van der Waals surface area contributed by atoms with Gasteiger partial charge >= 0.3 is 0 Å². The number of carbonyl (C=O) groups is 1. The Balaban J connectivity index is 1.63. The third-order valence-electron chi connectivity index (χ3n) is 5.05. The Hall–Kier alpha value is -2.74. The minimum atomic E-state index is 0.0358. The summed E-state index contributed by atoms with van der Waals surface area (Å²) < 4.78 is 2.19. The minimum absolute atomic E-state index is 0.0358. The van der Waals surface area contributed by atoms with Gasteiger partial charge in [0.1, 0.15) is 0 Å². The van der Waals surface area contributed by atoms with Crippen LogP contribution in [0.3, 0.4) is 0 Å². The fourth-order valence-electron chi connectivity index (χ4n) is 3.64. The summed E-state index contributed by atoms with van der Waals surface area (Å²) in [5.74, 6) is 1.78. The fraction of sp³-hybridized carbons (Fsp3) is 0.400. The lowest BCUT2D eigenvalue weighted by Gasteiger charge is -2.33. The highest BCUT2D eigenvalue weighted by atomic mass is 32.1. The van der Waals surface area contributed by atoms with E-state index < -0.39 is 0 Å². The largest absolute Gasteiger partial charge is 0.353 e. The van der Waals surface area contributed by atoms with Gasteiger partial charge in [0, 0.05) is 26.1 Å². The van der Waals surface area contributed by atoms with Gasteiger partial charge in [0.25, 0.3) is 0 Å². The first-order chi connectivity index (χ1) is 13.6. The molecule has 4 rings (SSSR count). The van der Waals surface area contributed by atoms with Crippen molar-refractivity contribution in [1.82, 2.24) is 25.1 Å². The lowest BCUT2D eigenvalue weighted by atomic mass is 10.1. The molecular formula is C20H24N6OS. The van der Waals surface area contributed by atoms with Gasteiger partial charge in [0.05, 0.1) is 22.6 Å². The number of nitrogens with one attached hydrogen (secondary N) is 1. The molecule has 2 aromatic heterocycles. The fourth-order valence-corrected chi connectivity index (χ4v) is 4.43.